The molecule has 0 fully saturated rings. The number of ether oxygens (including phenoxy) is 1. The molecule has 0 aromatic heterocycles. The maximum atomic E-state index is 10.7. The summed E-state index contributed by atoms with van der Waals surface area (Å²) >= 11 is 0. The maximum absolute atomic E-state index is 10.7. The highest BCUT2D eigenvalue weighted by Gasteiger charge is 2.05. The Balaban J connectivity index is 2.34. The second-order valence-corrected chi connectivity index (χ2v) is 4.51. The van der Waals surface area contributed by atoms with Gasteiger partial charge in [-0.15, -0.1) is 0 Å². The van der Waals surface area contributed by atoms with Crippen molar-refractivity contribution >= 4 is 6.29 Å². The van der Waals surface area contributed by atoms with Crippen LogP contribution in [-0.4, -0.2) is 6.29 Å². The molecule has 0 aliphatic rings. The smallest absolute Gasteiger partial charge is 0.150 e. The molecule has 2 aromatic rings. The van der Waals surface area contributed by atoms with Crippen LogP contribution in [0.2, 0.25) is 0 Å². The summed E-state index contributed by atoms with van der Waals surface area (Å²) in [6.07, 6.45) is 0.842. The van der Waals surface area contributed by atoms with Gasteiger partial charge in [0.1, 0.15) is 17.8 Å². The van der Waals surface area contributed by atoms with Crippen LogP contribution in [0.3, 0.4) is 0 Å². The average molecular weight is 240 g/mol. The van der Waals surface area contributed by atoms with Gasteiger partial charge in [0, 0.05) is 5.56 Å². The molecule has 0 radical (unpaired) electrons. The first kappa shape index (κ1) is 12.4. The maximum Gasteiger partial charge on any atom is 0.150 e. The number of benzene rings is 2. The lowest BCUT2D eigenvalue weighted by Gasteiger charge is -2.12. The van der Waals surface area contributed by atoms with Crippen LogP contribution < -0.4 is 4.74 Å². The fourth-order valence-electron chi connectivity index (χ4n) is 1.80. The lowest BCUT2D eigenvalue weighted by Crippen LogP contribution is -1.92. The summed E-state index contributed by atoms with van der Waals surface area (Å²) in [6.45, 7) is 5.99. The summed E-state index contributed by atoms with van der Waals surface area (Å²) in [7, 11) is 0. The van der Waals surface area contributed by atoms with E-state index in [1.54, 1.807) is 6.07 Å². The van der Waals surface area contributed by atoms with Gasteiger partial charge < -0.3 is 4.74 Å². The predicted octanol–water partition coefficient (Wildman–Crippen LogP) is 4.22. The van der Waals surface area contributed by atoms with E-state index >= 15 is 0 Å². The summed E-state index contributed by atoms with van der Waals surface area (Å²) < 4.78 is 5.90. The fourth-order valence-corrected chi connectivity index (χ4v) is 1.80. The van der Waals surface area contributed by atoms with Crippen molar-refractivity contribution in [2.75, 3.05) is 0 Å². The number of hydrogen-bond acceptors (Lipinski definition) is 2. The molecule has 0 bridgehead atoms. The Bertz CT molecular complexity index is 586. The molecular weight excluding hydrogens is 224 g/mol. The van der Waals surface area contributed by atoms with Crippen molar-refractivity contribution in [1.82, 2.24) is 0 Å². The highest BCUT2D eigenvalue weighted by molar-refractivity contribution is 5.75. The number of aldehydes is 1. The zero-order valence-corrected chi connectivity index (χ0v) is 10.9. The van der Waals surface area contributed by atoms with E-state index in [0.29, 0.717) is 5.56 Å². The first-order valence-electron chi connectivity index (χ1n) is 5.91. The minimum Gasteiger partial charge on any atom is -0.457 e. The van der Waals surface area contributed by atoms with Crippen LogP contribution in [-0.2, 0) is 0 Å². The Morgan fingerprint density at radius 2 is 1.67 bits per heavy atom. The van der Waals surface area contributed by atoms with Crippen LogP contribution in [0.25, 0.3) is 0 Å². The summed E-state index contributed by atoms with van der Waals surface area (Å²) in [5, 5.41) is 0. The van der Waals surface area contributed by atoms with Gasteiger partial charge in [-0.05, 0) is 61.7 Å². The van der Waals surface area contributed by atoms with Crippen LogP contribution in [0.4, 0.5) is 0 Å². The molecule has 0 aliphatic carbocycles. The van der Waals surface area contributed by atoms with Gasteiger partial charge in [0.15, 0.2) is 0 Å². The van der Waals surface area contributed by atoms with E-state index in [1.165, 1.54) is 0 Å². The standard InChI is InChI=1S/C16H16O2/c1-11-4-5-12(2)16(8-11)18-15-7-6-14(10-17)9-13(15)3/h4-10H,1-3H3. The van der Waals surface area contributed by atoms with Crippen LogP contribution in [0.1, 0.15) is 27.0 Å². The summed E-state index contributed by atoms with van der Waals surface area (Å²) in [6, 6.07) is 11.5. The summed E-state index contributed by atoms with van der Waals surface area (Å²) in [5.41, 5.74) is 3.89. The lowest BCUT2D eigenvalue weighted by atomic mass is 10.1. The normalized spacial score (nSPS) is 10.2. The highest BCUT2D eigenvalue weighted by Crippen LogP contribution is 2.28. The van der Waals surface area contributed by atoms with Gasteiger partial charge in [0.2, 0.25) is 0 Å². The molecule has 0 aliphatic heterocycles. The highest BCUT2D eigenvalue weighted by atomic mass is 16.5. The Labute approximate surface area is 107 Å². The Morgan fingerprint density at radius 1 is 0.889 bits per heavy atom. The molecule has 0 saturated carbocycles. The molecule has 2 rings (SSSR count). The van der Waals surface area contributed by atoms with Gasteiger partial charge in [-0.25, -0.2) is 0 Å². The molecule has 0 spiro atoms. The number of aryl methyl sites for hydroxylation is 3. The minimum absolute atomic E-state index is 0.667. The fraction of sp³-hybridized carbons (Fsp3) is 0.188. The van der Waals surface area contributed by atoms with Gasteiger partial charge in [-0.1, -0.05) is 12.1 Å². The molecular formula is C16H16O2. The number of rotatable bonds is 3. The third kappa shape index (κ3) is 2.59. The van der Waals surface area contributed by atoms with Crippen molar-refractivity contribution in [3.63, 3.8) is 0 Å². The Morgan fingerprint density at radius 3 is 2.33 bits per heavy atom. The first-order valence-corrected chi connectivity index (χ1v) is 5.91. The molecule has 92 valence electrons. The van der Waals surface area contributed by atoms with Crippen LogP contribution in [0.15, 0.2) is 36.4 Å². The van der Waals surface area contributed by atoms with E-state index in [9.17, 15) is 4.79 Å². The van der Waals surface area contributed by atoms with Crippen molar-refractivity contribution in [3.05, 3.63) is 58.7 Å². The van der Waals surface area contributed by atoms with Crippen molar-refractivity contribution < 1.29 is 9.53 Å². The number of carbonyl (C=O) groups is 1. The van der Waals surface area contributed by atoms with Crippen molar-refractivity contribution in [2.45, 2.75) is 20.8 Å². The molecule has 0 saturated heterocycles. The molecule has 0 heterocycles. The molecule has 0 unspecified atom stereocenters. The van der Waals surface area contributed by atoms with Crippen LogP contribution >= 0.6 is 0 Å². The van der Waals surface area contributed by atoms with Gasteiger partial charge in [0.25, 0.3) is 0 Å². The average Bonchev–Trinajstić information content (AvgIpc) is 2.36. The van der Waals surface area contributed by atoms with Gasteiger partial charge in [0.05, 0.1) is 0 Å². The second kappa shape index (κ2) is 5.05. The van der Waals surface area contributed by atoms with Crippen molar-refractivity contribution in [2.24, 2.45) is 0 Å². The van der Waals surface area contributed by atoms with E-state index in [1.807, 2.05) is 45.0 Å². The minimum atomic E-state index is 0.667. The van der Waals surface area contributed by atoms with Gasteiger partial charge in [-0.2, -0.15) is 0 Å². The topological polar surface area (TPSA) is 26.3 Å². The van der Waals surface area contributed by atoms with E-state index < -0.39 is 0 Å². The first-order chi connectivity index (χ1) is 8.60. The van der Waals surface area contributed by atoms with Crippen molar-refractivity contribution in [3.8, 4) is 11.5 Å². The van der Waals surface area contributed by atoms with E-state index in [2.05, 4.69) is 6.07 Å². The molecule has 0 amide bonds. The number of hydrogen-bond donors (Lipinski definition) is 0. The molecule has 2 heteroatoms. The van der Waals surface area contributed by atoms with E-state index in [0.717, 1.165) is 34.5 Å². The van der Waals surface area contributed by atoms with Crippen LogP contribution in [0.5, 0.6) is 11.5 Å². The molecule has 2 aromatic carbocycles. The predicted molar refractivity (Wildman–Crippen MR) is 72.6 cm³/mol. The lowest BCUT2D eigenvalue weighted by molar-refractivity contribution is 0.112. The summed E-state index contributed by atoms with van der Waals surface area (Å²) in [5.74, 6) is 1.64. The SMILES string of the molecule is Cc1ccc(C)c(Oc2ccc(C=O)cc2C)c1. The van der Waals surface area contributed by atoms with E-state index in [4.69, 9.17) is 4.74 Å². The molecule has 2 nitrogen and oxygen atoms in total. The third-order valence-electron chi connectivity index (χ3n) is 2.90. The van der Waals surface area contributed by atoms with Gasteiger partial charge >= 0.3 is 0 Å². The molecule has 0 atom stereocenters. The van der Waals surface area contributed by atoms with Gasteiger partial charge in [-0.3, -0.25) is 4.79 Å². The third-order valence-corrected chi connectivity index (χ3v) is 2.90. The van der Waals surface area contributed by atoms with Crippen molar-refractivity contribution in [1.29, 1.82) is 0 Å². The largest absolute Gasteiger partial charge is 0.457 e. The monoisotopic (exact) mass is 240 g/mol. The van der Waals surface area contributed by atoms with E-state index in [-0.39, 0.29) is 0 Å². The molecule has 18 heavy (non-hydrogen) atoms. The molecule has 0 N–H and O–H groups in total. The quantitative estimate of drug-likeness (QED) is 0.751. The second-order valence-electron chi connectivity index (χ2n) is 4.51. The number of carbonyl (C=O) groups excluding carboxylic acids is 1. The summed E-state index contributed by atoms with van der Waals surface area (Å²) in [4.78, 5) is 10.7. The van der Waals surface area contributed by atoms with Crippen LogP contribution in [0, 0.1) is 20.8 Å². The zero-order chi connectivity index (χ0) is 13.1. The Kier molecular flexibility index (Phi) is 3.47. The Hall–Kier alpha value is -2.09. The zero-order valence-electron chi connectivity index (χ0n) is 10.9.